The number of aromatic nitrogens is 3. The molecule has 0 aliphatic carbocycles. The molecule has 1 saturated heterocycles. The molecule has 0 amide bonds. The quantitative estimate of drug-likeness (QED) is 0.553. The van der Waals surface area contributed by atoms with Crippen LogP contribution in [-0.2, 0) is 14.0 Å². The molecule has 3 heterocycles. The summed E-state index contributed by atoms with van der Waals surface area (Å²) < 4.78 is 34.6. The third-order valence-corrected chi connectivity index (χ3v) is 5.08. The van der Waals surface area contributed by atoms with Gasteiger partial charge in [0.2, 0.25) is 0 Å². The fraction of sp³-hybridized carbons (Fsp3) is 0.571. The zero-order valence-electron chi connectivity index (χ0n) is 16.0. The highest BCUT2D eigenvalue weighted by atomic mass is 79.9. The molecule has 134 valence electrons. The van der Waals surface area contributed by atoms with Gasteiger partial charge in [0.05, 0.1) is 12.0 Å². The predicted molar refractivity (Wildman–Crippen MR) is 102 cm³/mol. The van der Waals surface area contributed by atoms with Crippen LogP contribution in [0.2, 0.25) is 18.8 Å². The molecule has 4 atom stereocenters. The molecule has 1 N–H and O–H groups in total. The van der Waals surface area contributed by atoms with Gasteiger partial charge in [-0.2, -0.15) is 0 Å². The lowest BCUT2D eigenvalue weighted by Crippen LogP contribution is -2.46. The van der Waals surface area contributed by atoms with Crippen molar-refractivity contribution < 1.29 is 19.2 Å². The van der Waals surface area contributed by atoms with E-state index in [4.69, 9.17) is 28.3 Å². The number of hydrogen-bond donors (Lipinski definition) is 1. The lowest BCUT2D eigenvalue weighted by Gasteiger charge is -2.30. The molecule has 0 spiro atoms. The summed E-state index contributed by atoms with van der Waals surface area (Å²) in [5.74, 6) is 0. The van der Waals surface area contributed by atoms with Gasteiger partial charge in [0.15, 0.2) is 6.23 Å². The highest BCUT2D eigenvalue weighted by Crippen LogP contribution is 2.43. The van der Waals surface area contributed by atoms with Gasteiger partial charge in [0.25, 0.3) is 14.9 Å². The molecule has 3 rings (SSSR count). The Labute approximate surface area is 163 Å². The summed E-state index contributed by atoms with van der Waals surface area (Å²) in [5.41, 5.74) is -1.00. The van der Waals surface area contributed by atoms with Gasteiger partial charge in [-0.05, 0) is 22.9 Å². The maximum atomic E-state index is 11.2. The molecule has 0 radical (unpaired) electrons. The zero-order chi connectivity index (χ0) is 19.9. The maximum Gasteiger partial charge on any atom is 0.272 e. The molecule has 0 aromatic carbocycles. The first-order chi connectivity index (χ1) is 12.6. The summed E-state index contributed by atoms with van der Waals surface area (Å²) in [4.78, 5) is 8.25. The van der Waals surface area contributed by atoms with E-state index in [2.05, 4.69) is 25.9 Å². The van der Waals surface area contributed by atoms with Gasteiger partial charge in [0, 0.05) is 13.3 Å². The van der Waals surface area contributed by atoms with Crippen molar-refractivity contribution in [2.24, 2.45) is 0 Å². The van der Waals surface area contributed by atoms with Crippen molar-refractivity contribution in [3.63, 3.8) is 0 Å². The Balaban J connectivity index is 2.01. The lowest BCUT2D eigenvalue weighted by atomic mass is 9.93. The Morgan fingerprint density at radius 1 is 1.52 bits per heavy atom. The average Bonchev–Trinajstić information content (AvgIpc) is 3.01. The van der Waals surface area contributed by atoms with Crippen LogP contribution in [0.15, 0.2) is 17.0 Å². The average molecular weight is 432 g/mol. The number of hydrogen-bond acceptors (Lipinski definition) is 6. The Morgan fingerprint density at radius 3 is 2.96 bits per heavy atom. The van der Waals surface area contributed by atoms with Crippen LogP contribution < -0.4 is 0 Å². The van der Waals surface area contributed by atoms with Crippen molar-refractivity contribution in [2.45, 2.75) is 44.6 Å². The van der Waals surface area contributed by atoms with Crippen molar-refractivity contribution in [3.05, 3.63) is 22.1 Å². The molecule has 11 heteroatoms. The van der Waals surface area contributed by atoms with Crippen LogP contribution in [0, 0.1) is 0 Å². The third kappa shape index (κ3) is 3.36. The smallest absolute Gasteiger partial charge is 0.272 e. The van der Waals surface area contributed by atoms with Crippen LogP contribution in [0.4, 0.5) is 0 Å². The second-order valence-electron chi connectivity index (χ2n) is 5.86. The lowest BCUT2D eigenvalue weighted by molar-refractivity contribution is -0.0916. The Morgan fingerprint density at radius 2 is 2.28 bits per heavy atom. The first-order valence-electron chi connectivity index (χ1n) is 8.94. The van der Waals surface area contributed by atoms with E-state index in [1.165, 1.54) is 6.33 Å². The van der Waals surface area contributed by atoms with Crippen LogP contribution >= 0.6 is 27.5 Å². The Bertz CT molecular complexity index is 829. The zero-order valence-corrected chi connectivity index (χ0v) is 16.4. The Hall–Kier alpha value is -0.640. The summed E-state index contributed by atoms with van der Waals surface area (Å²) in [7, 11) is -1.62. The molecule has 1 aliphatic heterocycles. The summed E-state index contributed by atoms with van der Waals surface area (Å²) in [6, 6.07) is 0. The fourth-order valence-electron chi connectivity index (χ4n) is 3.11. The minimum absolute atomic E-state index is 0.0464. The largest absolute Gasteiger partial charge is 0.437 e. The van der Waals surface area contributed by atoms with Gasteiger partial charge in [-0.3, -0.25) is 0 Å². The van der Waals surface area contributed by atoms with Gasteiger partial charge >= 0.3 is 0 Å². The molecule has 7 nitrogen and oxygen atoms in total. The molecule has 25 heavy (non-hydrogen) atoms. The molecule has 0 saturated carbocycles. The molecular weight excluding hydrogens is 411 g/mol. The van der Waals surface area contributed by atoms with E-state index in [0.29, 0.717) is 15.5 Å². The van der Waals surface area contributed by atoms with Crippen LogP contribution in [0.3, 0.4) is 0 Å². The van der Waals surface area contributed by atoms with E-state index in [-0.39, 0.29) is 11.8 Å². The maximum absolute atomic E-state index is 11.2. The summed E-state index contributed by atoms with van der Waals surface area (Å²) in [6.45, 7) is 4.77. The van der Waals surface area contributed by atoms with Crippen molar-refractivity contribution in [1.29, 1.82) is 2.67 Å². The number of nitrogens with zero attached hydrogens (tertiary/aromatic N) is 3. The van der Waals surface area contributed by atoms with Gasteiger partial charge in [-0.25, -0.2) is 9.97 Å². The molecule has 0 unspecified atom stereocenters. The van der Waals surface area contributed by atoms with Crippen LogP contribution in [0.5, 0.6) is 0 Å². The third-order valence-electron chi connectivity index (χ3n) is 4.20. The van der Waals surface area contributed by atoms with Crippen molar-refractivity contribution in [2.75, 3.05) is 6.61 Å². The second kappa shape index (κ2) is 7.54. The molecule has 1 aliphatic rings. The first kappa shape index (κ1) is 16.5. The van der Waals surface area contributed by atoms with E-state index in [1.54, 1.807) is 31.3 Å². The van der Waals surface area contributed by atoms with Crippen LogP contribution in [-0.4, -0.2) is 61.6 Å². The van der Waals surface area contributed by atoms with Crippen molar-refractivity contribution in [1.82, 2.24) is 14.5 Å². The number of aliphatic hydroxyl groups is 1. The molecule has 0 bridgehead atoms. The Kier molecular flexibility index (Phi) is 4.98. The molecule has 1 fully saturated rings. The molecular formula is C14H19B2BrClN3O4. The minimum atomic E-state index is -1.49. The monoisotopic (exact) mass is 431 g/mol. The van der Waals surface area contributed by atoms with E-state index in [9.17, 15) is 5.11 Å². The van der Waals surface area contributed by atoms with Crippen LogP contribution in [0.25, 0.3) is 11.0 Å². The predicted octanol–water partition coefficient (Wildman–Crippen LogP) is 1.70. The number of rotatable bonds is 6. The number of ether oxygens (including phenoxy) is 1. The second-order valence-corrected chi connectivity index (χ2v) is 7.07. The summed E-state index contributed by atoms with van der Waals surface area (Å²) in [6.07, 6.45) is 0.679. The van der Waals surface area contributed by atoms with Crippen LogP contribution in [0.1, 0.15) is 13.2 Å². The molecule has 2 aromatic heterocycles. The standard InChI is InChI=1S/C14H19B2BrClN3O4/c1-14(22)10(25-16-3)8(5-23-15-2)24-13(14)21-4-7(17)9-11(18)19-6-20-12(9)21/h4,6,8,10,13,15-16,22H,5H2,1-3H3/t8-,10-,13-,14+/m1/s1/i15D,16D. The van der Waals surface area contributed by atoms with Gasteiger partial charge in [-0.15, -0.1) is 0 Å². The molecule has 2 aromatic rings. The minimum Gasteiger partial charge on any atom is -0.437 e. The van der Waals surface area contributed by atoms with Gasteiger partial charge in [-0.1, -0.05) is 25.2 Å². The summed E-state index contributed by atoms with van der Waals surface area (Å²) in [5, 5.41) is 12.1. The normalized spacial score (nSPS) is 30.4. The van der Waals surface area contributed by atoms with Crippen molar-refractivity contribution in [3.8, 4) is 0 Å². The van der Waals surface area contributed by atoms with E-state index in [0.717, 1.165) is 0 Å². The first-order valence-corrected chi connectivity index (χ1v) is 8.96. The number of fused-ring (bicyclic) bond motifs is 1. The van der Waals surface area contributed by atoms with Gasteiger partial charge < -0.3 is 23.7 Å². The topological polar surface area (TPSA) is 78.6 Å². The van der Waals surface area contributed by atoms with Gasteiger partial charge in [0.1, 0.15) is 34.9 Å². The van der Waals surface area contributed by atoms with Crippen molar-refractivity contribution >= 4 is 53.5 Å². The van der Waals surface area contributed by atoms with E-state index < -0.39 is 38.9 Å². The highest BCUT2D eigenvalue weighted by molar-refractivity contribution is 9.10. The SMILES string of the molecule is [2H]B(C)OC[C@H]1O[C@@H](n2cc(Br)c3c(Cl)ncnc32)[C@@](C)(O)[C@@H]1OB([2H])C. The van der Waals surface area contributed by atoms with E-state index in [1.807, 2.05) is 0 Å². The summed E-state index contributed by atoms with van der Waals surface area (Å²) >= 11 is 9.62. The highest BCUT2D eigenvalue weighted by Gasteiger charge is 2.54. The number of halogens is 2. The fourth-order valence-corrected chi connectivity index (χ4v) is 4.04. The van der Waals surface area contributed by atoms with E-state index >= 15 is 0 Å².